The number of Topliss-reactive ketones (excluding diaryl/α,β-unsaturated/α-hetero) is 1. The lowest BCUT2D eigenvalue weighted by atomic mass is 10.1. The number of carbonyl (C=O) groups excluding carboxylic acids is 2. The number of hydrogen-bond acceptors (Lipinski definition) is 5. The SMILES string of the molecule is CCOC(=O)SSCC(=O)c1ccc(Cl)cc1. The van der Waals surface area contributed by atoms with Crippen molar-refractivity contribution in [1.29, 1.82) is 0 Å². The summed E-state index contributed by atoms with van der Waals surface area (Å²) in [7, 11) is 2.10. The molecule has 0 spiro atoms. The Kier molecular flexibility index (Phi) is 6.47. The van der Waals surface area contributed by atoms with Gasteiger partial charge in [0.1, 0.15) is 0 Å². The molecule has 92 valence electrons. The third-order valence-corrected chi connectivity index (χ3v) is 3.86. The van der Waals surface area contributed by atoms with Crippen molar-refractivity contribution in [2.75, 3.05) is 12.4 Å². The second-order valence-corrected chi connectivity index (χ2v) is 5.63. The molecule has 3 nitrogen and oxygen atoms in total. The van der Waals surface area contributed by atoms with E-state index in [0.717, 1.165) is 10.8 Å². The van der Waals surface area contributed by atoms with Crippen LogP contribution in [-0.2, 0) is 4.74 Å². The number of halogens is 1. The summed E-state index contributed by atoms with van der Waals surface area (Å²) in [6, 6.07) is 6.66. The lowest BCUT2D eigenvalue weighted by Crippen LogP contribution is -2.02. The van der Waals surface area contributed by atoms with Crippen LogP contribution in [0.3, 0.4) is 0 Å². The summed E-state index contributed by atoms with van der Waals surface area (Å²) in [6.45, 7) is 2.08. The smallest absolute Gasteiger partial charge is 0.378 e. The molecule has 6 heteroatoms. The van der Waals surface area contributed by atoms with E-state index in [1.165, 1.54) is 10.8 Å². The Bertz CT molecular complexity index is 392. The van der Waals surface area contributed by atoms with Gasteiger partial charge in [-0.05, 0) is 31.2 Å². The topological polar surface area (TPSA) is 43.4 Å². The van der Waals surface area contributed by atoms with Crippen LogP contribution in [0.5, 0.6) is 0 Å². The van der Waals surface area contributed by atoms with Crippen molar-refractivity contribution in [3.63, 3.8) is 0 Å². The maximum atomic E-state index is 11.7. The van der Waals surface area contributed by atoms with Crippen LogP contribution in [0.4, 0.5) is 4.79 Å². The van der Waals surface area contributed by atoms with Gasteiger partial charge in [0, 0.05) is 21.4 Å². The van der Waals surface area contributed by atoms with Gasteiger partial charge in [-0.25, -0.2) is 4.79 Å². The van der Waals surface area contributed by atoms with Gasteiger partial charge in [0.2, 0.25) is 0 Å². The number of benzene rings is 1. The zero-order chi connectivity index (χ0) is 12.7. The van der Waals surface area contributed by atoms with E-state index in [9.17, 15) is 9.59 Å². The van der Waals surface area contributed by atoms with Gasteiger partial charge < -0.3 is 4.74 Å². The van der Waals surface area contributed by atoms with E-state index in [1.807, 2.05) is 0 Å². The molecule has 0 N–H and O–H groups in total. The Balaban J connectivity index is 2.35. The predicted molar refractivity (Wildman–Crippen MR) is 72.9 cm³/mol. The van der Waals surface area contributed by atoms with E-state index in [4.69, 9.17) is 16.3 Å². The molecule has 0 heterocycles. The fraction of sp³-hybridized carbons (Fsp3) is 0.273. The average molecular weight is 291 g/mol. The fourth-order valence-corrected chi connectivity index (χ4v) is 2.64. The molecule has 1 rings (SSSR count). The molecule has 0 fully saturated rings. The van der Waals surface area contributed by atoms with Crippen LogP contribution in [0.1, 0.15) is 17.3 Å². The van der Waals surface area contributed by atoms with Crippen LogP contribution < -0.4 is 0 Å². The Morgan fingerprint density at radius 1 is 1.29 bits per heavy atom. The van der Waals surface area contributed by atoms with E-state index < -0.39 is 0 Å². The van der Waals surface area contributed by atoms with Gasteiger partial charge >= 0.3 is 5.30 Å². The molecule has 0 amide bonds. The van der Waals surface area contributed by atoms with Crippen molar-refractivity contribution in [2.24, 2.45) is 0 Å². The van der Waals surface area contributed by atoms with Crippen LogP contribution in [0.2, 0.25) is 5.02 Å². The summed E-state index contributed by atoms with van der Waals surface area (Å²) in [6.07, 6.45) is 0. The molecule has 0 aliphatic rings. The first-order chi connectivity index (χ1) is 8.13. The summed E-state index contributed by atoms with van der Waals surface area (Å²) in [5.74, 6) is 0.189. The molecule has 0 radical (unpaired) electrons. The summed E-state index contributed by atoms with van der Waals surface area (Å²) in [4.78, 5) is 22.7. The quantitative estimate of drug-likeness (QED) is 0.465. The third-order valence-electron chi connectivity index (χ3n) is 1.75. The number of ether oxygens (including phenoxy) is 1. The fourth-order valence-electron chi connectivity index (χ4n) is 0.992. The molecule has 0 unspecified atom stereocenters. The van der Waals surface area contributed by atoms with Crippen LogP contribution >= 0.6 is 33.2 Å². The minimum atomic E-state index is -0.374. The Morgan fingerprint density at radius 3 is 2.53 bits per heavy atom. The molecule has 0 aliphatic carbocycles. The predicted octanol–water partition coefficient (Wildman–Crippen LogP) is 4.06. The van der Waals surface area contributed by atoms with Crippen LogP contribution in [-0.4, -0.2) is 23.4 Å². The van der Waals surface area contributed by atoms with Gasteiger partial charge in [0.05, 0.1) is 12.4 Å². The lowest BCUT2D eigenvalue weighted by molar-refractivity contribution is 0.102. The highest BCUT2D eigenvalue weighted by Gasteiger charge is 2.09. The number of hydrogen-bond donors (Lipinski definition) is 0. The van der Waals surface area contributed by atoms with E-state index in [2.05, 4.69) is 0 Å². The second kappa shape index (κ2) is 7.63. The molecule has 1 aromatic carbocycles. The molecular formula is C11H11ClO3S2. The Morgan fingerprint density at radius 2 is 1.94 bits per heavy atom. The van der Waals surface area contributed by atoms with Crippen molar-refractivity contribution in [3.8, 4) is 0 Å². The number of carbonyl (C=O) groups is 2. The summed E-state index contributed by atoms with van der Waals surface area (Å²) in [5.41, 5.74) is 0.589. The average Bonchev–Trinajstić information content (AvgIpc) is 2.30. The first-order valence-electron chi connectivity index (χ1n) is 4.88. The Labute approximate surface area is 113 Å². The lowest BCUT2D eigenvalue weighted by Gasteiger charge is -2.01. The van der Waals surface area contributed by atoms with Crippen molar-refractivity contribution < 1.29 is 14.3 Å². The first-order valence-corrected chi connectivity index (χ1v) is 7.58. The normalized spacial score (nSPS) is 10.0. The van der Waals surface area contributed by atoms with E-state index in [0.29, 0.717) is 17.2 Å². The van der Waals surface area contributed by atoms with Crippen molar-refractivity contribution in [1.82, 2.24) is 0 Å². The summed E-state index contributed by atoms with van der Waals surface area (Å²) < 4.78 is 4.72. The number of ketones is 1. The maximum absolute atomic E-state index is 11.7. The molecule has 1 aromatic rings. The van der Waals surface area contributed by atoms with Crippen LogP contribution in [0.15, 0.2) is 24.3 Å². The van der Waals surface area contributed by atoms with Crippen molar-refractivity contribution >= 4 is 44.3 Å². The van der Waals surface area contributed by atoms with Gasteiger partial charge in [-0.1, -0.05) is 22.4 Å². The minimum Gasteiger partial charge on any atom is -0.457 e. The molecule has 0 atom stereocenters. The summed E-state index contributed by atoms with van der Waals surface area (Å²) >= 11 is 5.72. The van der Waals surface area contributed by atoms with Gasteiger partial charge in [0.25, 0.3) is 0 Å². The van der Waals surface area contributed by atoms with Crippen LogP contribution in [0, 0.1) is 0 Å². The first kappa shape index (κ1) is 14.4. The zero-order valence-electron chi connectivity index (χ0n) is 9.14. The molecule has 0 saturated carbocycles. The highest BCUT2D eigenvalue weighted by atomic mass is 35.5. The molecule has 0 aliphatic heterocycles. The van der Waals surface area contributed by atoms with Gasteiger partial charge in [-0.3, -0.25) is 4.79 Å². The largest absolute Gasteiger partial charge is 0.457 e. The standard InChI is InChI=1S/C11H11ClO3S2/c1-2-15-11(14)17-16-7-10(13)8-3-5-9(12)6-4-8/h3-6H,2,7H2,1H3. The Hall–Kier alpha value is -0.650. The summed E-state index contributed by atoms with van der Waals surface area (Å²) in [5, 5.41) is 0.219. The molecule has 0 bridgehead atoms. The minimum absolute atomic E-state index is 0.0385. The van der Waals surface area contributed by atoms with Gasteiger partial charge in [-0.15, -0.1) is 0 Å². The molecule has 17 heavy (non-hydrogen) atoms. The molecule has 0 aromatic heterocycles. The van der Waals surface area contributed by atoms with E-state index >= 15 is 0 Å². The monoisotopic (exact) mass is 290 g/mol. The van der Waals surface area contributed by atoms with E-state index in [-0.39, 0.29) is 16.8 Å². The van der Waals surface area contributed by atoms with Crippen molar-refractivity contribution in [3.05, 3.63) is 34.9 Å². The van der Waals surface area contributed by atoms with Gasteiger partial charge in [0.15, 0.2) is 5.78 Å². The molecule has 0 saturated heterocycles. The highest BCUT2D eigenvalue weighted by molar-refractivity contribution is 8.82. The van der Waals surface area contributed by atoms with E-state index in [1.54, 1.807) is 31.2 Å². The van der Waals surface area contributed by atoms with Crippen molar-refractivity contribution in [2.45, 2.75) is 6.92 Å². The number of rotatable bonds is 5. The molecular weight excluding hydrogens is 280 g/mol. The van der Waals surface area contributed by atoms with Crippen LogP contribution in [0.25, 0.3) is 0 Å². The third kappa shape index (κ3) is 5.48. The second-order valence-electron chi connectivity index (χ2n) is 2.96. The highest BCUT2D eigenvalue weighted by Crippen LogP contribution is 2.24. The van der Waals surface area contributed by atoms with Gasteiger partial charge in [-0.2, -0.15) is 0 Å². The maximum Gasteiger partial charge on any atom is 0.378 e. The zero-order valence-corrected chi connectivity index (χ0v) is 11.5.